The van der Waals surface area contributed by atoms with Crippen LogP contribution in [0.4, 0.5) is 5.69 Å². The molecule has 16 heavy (non-hydrogen) atoms. The van der Waals surface area contributed by atoms with Gasteiger partial charge in [0.25, 0.3) is 0 Å². The maximum atomic E-state index is 3.43. The fraction of sp³-hybridized carbons (Fsp3) is 0.571. The summed E-state index contributed by atoms with van der Waals surface area (Å²) in [4.78, 5) is 2.40. The van der Waals surface area contributed by atoms with E-state index in [0.717, 1.165) is 12.5 Å². The summed E-state index contributed by atoms with van der Waals surface area (Å²) in [7, 11) is 2.21. The highest BCUT2D eigenvalue weighted by Crippen LogP contribution is 2.23. The van der Waals surface area contributed by atoms with Crippen LogP contribution in [0.25, 0.3) is 0 Å². The van der Waals surface area contributed by atoms with Gasteiger partial charge in [-0.15, -0.1) is 0 Å². The van der Waals surface area contributed by atoms with E-state index in [1.807, 2.05) is 0 Å². The van der Waals surface area contributed by atoms with Gasteiger partial charge in [-0.1, -0.05) is 12.1 Å². The fourth-order valence-corrected chi connectivity index (χ4v) is 2.51. The maximum absolute atomic E-state index is 3.43. The summed E-state index contributed by atoms with van der Waals surface area (Å²) in [6.45, 7) is 7.93. The lowest BCUT2D eigenvalue weighted by molar-refractivity contribution is 0.578. The van der Waals surface area contributed by atoms with Crippen LogP contribution in [0.2, 0.25) is 0 Å². The van der Waals surface area contributed by atoms with Gasteiger partial charge in [-0.3, -0.25) is 0 Å². The van der Waals surface area contributed by atoms with Crippen molar-refractivity contribution >= 4 is 5.69 Å². The molecule has 0 aliphatic carbocycles. The number of nitrogens with zero attached hydrogens (tertiary/aromatic N) is 1. The second-order valence-electron chi connectivity index (χ2n) is 4.96. The Kier molecular flexibility index (Phi) is 3.49. The van der Waals surface area contributed by atoms with Crippen molar-refractivity contribution in [1.82, 2.24) is 5.32 Å². The van der Waals surface area contributed by atoms with E-state index < -0.39 is 0 Å². The summed E-state index contributed by atoms with van der Waals surface area (Å²) in [6, 6.07) is 6.57. The molecule has 0 aromatic heterocycles. The third-order valence-corrected chi connectivity index (χ3v) is 3.68. The summed E-state index contributed by atoms with van der Waals surface area (Å²) in [5.41, 5.74) is 4.18. The SMILES string of the molecule is Cc1cccc(N(C)CC2CCNC2)c1C. The van der Waals surface area contributed by atoms with Crippen LogP contribution in [0.15, 0.2) is 18.2 Å². The van der Waals surface area contributed by atoms with Crippen LogP contribution in [-0.4, -0.2) is 26.7 Å². The fourth-order valence-electron chi connectivity index (χ4n) is 2.51. The van der Waals surface area contributed by atoms with Gasteiger partial charge < -0.3 is 10.2 Å². The highest BCUT2D eigenvalue weighted by Gasteiger charge is 2.17. The van der Waals surface area contributed by atoms with Crippen LogP contribution < -0.4 is 10.2 Å². The first-order valence-corrected chi connectivity index (χ1v) is 6.16. The predicted molar refractivity (Wildman–Crippen MR) is 70.2 cm³/mol. The van der Waals surface area contributed by atoms with E-state index in [0.29, 0.717) is 0 Å². The number of rotatable bonds is 3. The molecule has 1 fully saturated rings. The Morgan fingerprint density at radius 2 is 2.19 bits per heavy atom. The summed E-state index contributed by atoms with van der Waals surface area (Å²) >= 11 is 0. The van der Waals surface area contributed by atoms with Gasteiger partial charge in [-0.25, -0.2) is 0 Å². The number of benzene rings is 1. The van der Waals surface area contributed by atoms with Crippen LogP contribution in [0.1, 0.15) is 17.5 Å². The van der Waals surface area contributed by atoms with Gasteiger partial charge in [-0.2, -0.15) is 0 Å². The molecular formula is C14H22N2. The molecule has 2 rings (SSSR count). The quantitative estimate of drug-likeness (QED) is 0.838. The smallest absolute Gasteiger partial charge is 0.0396 e. The zero-order valence-corrected chi connectivity index (χ0v) is 10.6. The van der Waals surface area contributed by atoms with Crippen LogP contribution >= 0.6 is 0 Å². The summed E-state index contributed by atoms with van der Waals surface area (Å²) in [5.74, 6) is 0.810. The van der Waals surface area contributed by atoms with E-state index >= 15 is 0 Å². The topological polar surface area (TPSA) is 15.3 Å². The Morgan fingerprint density at radius 3 is 2.88 bits per heavy atom. The van der Waals surface area contributed by atoms with Gasteiger partial charge in [0.15, 0.2) is 0 Å². The zero-order chi connectivity index (χ0) is 11.5. The van der Waals surface area contributed by atoms with Crippen molar-refractivity contribution in [2.75, 3.05) is 31.6 Å². The minimum Gasteiger partial charge on any atom is -0.374 e. The molecule has 1 aliphatic rings. The normalized spacial score (nSPS) is 20.1. The second-order valence-corrected chi connectivity index (χ2v) is 4.96. The van der Waals surface area contributed by atoms with Crippen LogP contribution in [0.3, 0.4) is 0 Å². The van der Waals surface area contributed by atoms with Crippen molar-refractivity contribution in [2.24, 2.45) is 5.92 Å². The maximum Gasteiger partial charge on any atom is 0.0396 e. The van der Waals surface area contributed by atoms with Gasteiger partial charge in [0.2, 0.25) is 0 Å². The number of nitrogens with one attached hydrogen (secondary N) is 1. The summed E-state index contributed by atoms with van der Waals surface area (Å²) < 4.78 is 0. The van der Waals surface area contributed by atoms with E-state index in [2.05, 4.69) is 49.3 Å². The summed E-state index contributed by atoms with van der Waals surface area (Å²) in [5, 5.41) is 3.43. The Labute approximate surface area is 98.7 Å². The lowest BCUT2D eigenvalue weighted by Gasteiger charge is -2.25. The van der Waals surface area contributed by atoms with Crippen molar-refractivity contribution in [3.8, 4) is 0 Å². The van der Waals surface area contributed by atoms with E-state index in [1.165, 1.54) is 36.3 Å². The Morgan fingerprint density at radius 1 is 1.38 bits per heavy atom. The lowest BCUT2D eigenvalue weighted by atomic mass is 10.1. The van der Waals surface area contributed by atoms with Gasteiger partial charge in [0, 0.05) is 19.3 Å². The minimum atomic E-state index is 0.810. The molecule has 88 valence electrons. The summed E-state index contributed by atoms with van der Waals surface area (Å²) in [6.07, 6.45) is 1.31. The van der Waals surface area contributed by atoms with Gasteiger partial charge in [0.05, 0.1) is 0 Å². The zero-order valence-electron chi connectivity index (χ0n) is 10.6. The van der Waals surface area contributed by atoms with Crippen LogP contribution in [0, 0.1) is 19.8 Å². The number of aryl methyl sites for hydroxylation is 1. The first kappa shape index (κ1) is 11.5. The number of hydrogen-bond donors (Lipinski definition) is 1. The number of hydrogen-bond acceptors (Lipinski definition) is 2. The second kappa shape index (κ2) is 4.88. The predicted octanol–water partition coefficient (Wildman–Crippen LogP) is 2.35. The molecule has 1 aliphatic heterocycles. The minimum absolute atomic E-state index is 0.810. The Hall–Kier alpha value is -1.02. The molecule has 2 nitrogen and oxygen atoms in total. The Bertz CT molecular complexity index is 354. The highest BCUT2D eigenvalue weighted by molar-refractivity contribution is 5.55. The van der Waals surface area contributed by atoms with Gasteiger partial charge >= 0.3 is 0 Å². The molecule has 0 saturated carbocycles. The van der Waals surface area contributed by atoms with Crippen molar-refractivity contribution in [3.05, 3.63) is 29.3 Å². The molecule has 0 bridgehead atoms. The van der Waals surface area contributed by atoms with Crippen molar-refractivity contribution < 1.29 is 0 Å². The molecule has 2 heteroatoms. The number of anilines is 1. The lowest BCUT2D eigenvalue weighted by Crippen LogP contribution is -2.27. The molecule has 0 amide bonds. The molecule has 1 aromatic carbocycles. The van der Waals surface area contributed by atoms with Crippen LogP contribution in [-0.2, 0) is 0 Å². The monoisotopic (exact) mass is 218 g/mol. The van der Waals surface area contributed by atoms with Crippen molar-refractivity contribution in [3.63, 3.8) is 0 Å². The molecule has 1 saturated heterocycles. The highest BCUT2D eigenvalue weighted by atomic mass is 15.1. The van der Waals surface area contributed by atoms with Gasteiger partial charge in [-0.05, 0) is 56.5 Å². The third-order valence-electron chi connectivity index (χ3n) is 3.68. The van der Waals surface area contributed by atoms with Crippen molar-refractivity contribution in [1.29, 1.82) is 0 Å². The van der Waals surface area contributed by atoms with Crippen molar-refractivity contribution in [2.45, 2.75) is 20.3 Å². The van der Waals surface area contributed by atoms with E-state index in [9.17, 15) is 0 Å². The molecule has 1 unspecified atom stereocenters. The van der Waals surface area contributed by atoms with E-state index in [4.69, 9.17) is 0 Å². The third kappa shape index (κ3) is 2.38. The average molecular weight is 218 g/mol. The molecule has 1 atom stereocenters. The first-order valence-electron chi connectivity index (χ1n) is 6.16. The molecule has 1 heterocycles. The molecule has 1 N–H and O–H groups in total. The standard InChI is InChI=1S/C14H22N2/c1-11-5-4-6-14(12(11)2)16(3)10-13-7-8-15-9-13/h4-6,13,15H,7-10H2,1-3H3. The molecule has 0 radical (unpaired) electrons. The van der Waals surface area contributed by atoms with Crippen LogP contribution in [0.5, 0.6) is 0 Å². The average Bonchev–Trinajstić information content (AvgIpc) is 2.74. The molecule has 1 aromatic rings. The molecule has 0 spiro atoms. The Balaban J connectivity index is 2.07. The van der Waals surface area contributed by atoms with Gasteiger partial charge in [0.1, 0.15) is 0 Å². The van der Waals surface area contributed by atoms with E-state index in [-0.39, 0.29) is 0 Å². The van der Waals surface area contributed by atoms with E-state index in [1.54, 1.807) is 0 Å². The first-order chi connectivity index (χ1) is 7.68. The largest absolute Gasteiger partial charge is 0.374 e. The molecular weight excluding hydrogens is 196 g/mol.